The fourth-order valence-corrected chi connectivity index (χ4v) is 5.31. The number of imidazole rings is 1. The zero-order valence-corrected chi connectivity index (χ0v) is 17.8. The summed E-state index contributed by atoms with van der Waals surface area (Å²) in [6, 6.07) is 3.85. The minimum Gasteiger partial charge on any atom is -0.376 e. The molecule has 1 atom stereocenters. The van der Waals surface area contributed by atoms with Gasteiger partial charge in [0.1, 0.15) is 0 Å². The monoisotopic (exact) mass is 398 g/mol. The van der Waals surface area contributed by atoms with Crippen LogP contribution in [0.2, 0.25) is 0 Å². The van der Waals surface area contributed by atoms with Crippen molar-refractivity contribution in [3.05, 3.63) is 44.0 Å². The number of hydrogen-bond donors (Lipinski definition) is 1. The zero-order valence-electron chi connectivity index (χ0n) is 17.0. The van der Waals surface area contributed by atoms with Crippen LogP contribution in [-0.2, 0) is 26.9 Å². The third kappa shape index (κ3) is 2.94. The van der Waals surface area contributed by atoms with Crippen molar-refractivity contribution < 1.29 is 4.79 Å². The summed E-state index contributed by atoms with van der Waals surface area (Å²) >= 11 is 1.70. The number of fused-ring (bicyclic) bond motifs is 2. The summed E-state index contributed by atoms with van der Waals surface area (Å²) in [6.45, 7) is 2.27. The van der Waals surface area contributed by atoms with E-state index in [-0.39, 0.29) is 11.6 Å². The van der Waals surface area contributed by atoms with Gasteiger partial charge in [-0.25, -0.2) is 4.79 Å². The maximum Gasteiger partial charge on any atom is 0.328 e. The molecule has 28 heavy (non-hydrogen) atoms. The van der Waals surface area contributed by atoms with Crippen LogP contribution in [0.4, 0.5) is 11.4 Å². The fourth-order valence-electron chi connectivity index (χ4n) is 4.06. The summed E-state index contributed by atoms with van der Waals surface area (Å²) in [4.78, 5) is 28.7. The fraction of sp³-hybridized carbons (Fsp3) is 0.429. The summed E-state index contributed by atoms with van der Waals surface area (Å²) in [5, 5.41) is 5.10. The highest BCUT2D eigenvalue weighted by Crippen LogP contribution is 2.34. The van der Waals surface area contributed by atoms with Crippen LogP contribution in [0.15, 0.2) is 22.3 Å². The maximum absolute atomic E-state index is 13.1. The number of aryl methyl sites for hydroxylation is 2. The van der Waals surface area contributed by atoms with Gasteiger partial charge in [0.2, 0.25) is 0 Å². The number of carbonyl (C=O) groups is 1. The van der Waals surface area contributed by atoms with Crippen molar-refractivity contribution >= 4 is 39.7 Å². The van der Waals surface area contributed by atoms with E-state index in [9.17, 15) is 9.59 Å². The van der Waals surface area contributed by atoms with Gasteiger partial charge in [0.25, 0.3) is 5.91 Å². The average Bonchev–Trinajstić information content (AvgIpc) is 3.16. The van der Waals surface area contributed by atoms with Crippen molar-refractivity contribution in [2.45, 2.75) is 26.2 Å². The molecule has 0 radical (unpaired) electrons. The molecule has 1 unspecified atom stereocenters. The third-order valence-electron chi connectivity index (χ3n) is 5.77. The summed E-state index contributed by atoms with van der Waals surface area (Å²) in [5.74, 6) is 0.611. The van der Waals surface area contributed by atoms with Gasteiger partial charge in [-0.2, -0.15) is 0 Å². The molecule has 1 aromatic carbocycles. The molecule has 3 aromatic rings. The standard InChI is InChI=1S/C21H26N4O2S/c1-12-6-7-13-14(11-28-19(13)8-12)20(26)22-15-9-17-18(10-16(15)23(2)3)25(5)21(27)24(17)4/h9-12H,6-8H2,1-5H3,(H,22,26). The van der Waals surface area contributed by atoms with Crippen LogP contribution < -0.4 is 15.9 Å². The molecule has 6 nitrogen and oxygen atoms in total. The highest BCUT2D eigenvalue weighted by Gasteiger charge is 2.24. The van der Waals surface area contributed by atoms with Crippen molar-refractivity contribution in [3.8, 4) is 0 Å². The molecule has 0 saturated carbocycles. The SMILES string of the molecule is CC1CCc2c(C(=O)Nc3cc4c(cc3N(C)C)n(C)c(=O)n4C)csc2C1. The van der Waals surface area contributed by atoms with Gasteiger partial charge >= 0.3 is 5.69 Å². The Balaban J connectivity index is 1.75. The molecule has 7 heteroatoms. The van der Waals surface area contributed by atoms with Crippen molar-refractivity contribution in [3.63, 3.8) is 0 Å². The Morgan fingerprint density at radius 1 is 1.21 bits per heavy atom. The molecule has 1 N–H and O–H groups in total. The molecule has 0 aliphatic heterocycles. The quantitative estimate of drug-likeness (QED) is 0.736. The van der Waals surface area contributed by atoms with Crippen LogP contribution in [0.1, 0.15) is 34.1 Å². The molecule has 1 amide bonds. The minimum atomic E-state index is -0.0794. The molecule has 2 heterocycles. The number of nitrogens with one attached hydrogen (secondary N) is 1. The molecule has 4 rings (SSSR count). The number of nitrogens with zero attached hydrogens (tertiary/aromatic N) is 3. The predicted molar refractivity (Wildman–Crippen MR) is 116 cm³/mol. The average molecular weight is 399 g/mol. The van der Waals surface area contributed by atoms with Gasteiger partial charge in [-0.3, -0.25) is 13.9 Å². The Kier molecular flexibility index (Phi) is 4.57. The number of rotatable bonds is 3. The van der Waals surface area contributed by atoms with E-state index in [1.165, 1.54) is 10.4 Å². The van der Waals surface area contributed by atoms with E-state index in [1.807, 2.05) is 36.5 Å². The summed E-state index contributed by atoms with van der Waals surface area (Å²) < 4.78 is 3.24. The molecule has 0 bridgehead atoms. The van der Waals surface area contributed by atoms with E-state index < -0.39 is 0 Å². The third-order valence-corrected chi connectivity index (χ3v) is 6.82. The summed E-state index contributed by atoms with van der Waals surface area (Å²) in [5.41, 5.74) is 5.15. The van der Waals surface area contributed by atoms with Gasteiger partial charge < -0.3 is 10.2 Å². The first-order chi connectivity index (χ1) is 13.3. The Labute approximate surface area is 168 Å². The molecule has 0 saturated heterocycles. The van der Waals surface area contributed by atoms with Gasteiger partial charge in [0, 0.05) is 38.4 Å². The lowest BCUT2D eigenvalue weighted by atomic mass is 9.88. The van der Waals surface area contributed by atoms with Gasteiger partial charge in [0.05, 0.1) is 28.0 Å². The van der Waals surface area contributed by atoms with Crippen LogP contribution in [-0.4, -0.2) is 29.1 Å². The number of thiophene rings is 1. The van der Waals surface area contributed by atoms with E-state index >= 15 is 0 Å². The number of anilines is 2. The first-order valence-corrected chi connectivity index (χ1v) is 10.4. The molecular formula is C21H26N4O2S. The lowest BCUT2D eigenvalue weighted by Crippen LogP contribution is -2.19. The topological polar surface area (TPSA) is 59.3 Å². The highest BCUT2D eigenvalue weighted by atomic mass is 32.1. The number of benzene rings is 1. The molecule has 1 aliphatic rings. The smallest absolute Gasteiger partial charge is 0.328 e. The van der Waals surface area contributed by atoms with Crippen LogP contribution >= 0.6 is 11.3 Å². The largest absolute Gasteiger partial charge is 0.376 e. The second-order valence-electron chi connectivity index (χ2n) is 8.01. The molecule has 0 spiro atoms. The first-order valence-electron chi connectivity index (χ1n) is 9.55. The van der Waals surface area contributed by atoms with Gasteiger partial charge in [-0.1, -0.05) is 6.92 Å². The minimum absolute atomic E-state index is 0.0737. The van der Waals surface area contributed by atoms with Crippen molar-refractivity contribution in [1.29, 1.82) is 0 Å². The molecule has 2 aromatic heterocycles. The van der Waals surface area contributed by atoms with E-state index in [0.717, 1.165) is 41.5 Å². The highest BCUT2D eigenvalue weighted by molar-refractivity contribution is 7.10. The van der Waals surface area contributed by atoms with E-state index in [1.54, 1.807) is 34.6 Å². The molecule has 1 aliphatic carbocycles. The molecular weight excluding hydrogens is 372 g/mol. The van der Waals surface area contributed by atoms with Crippen LogP contribution in [0, 0.1) is 5.92 Å². The number of carbonyl (C=O) groups excluding carboxylic acids is 1. The van der Waals surface area contributed by atoms with Crippen molar-refractivity contribution in [2.24, 2.45) is 20.0 Å². The first kappa shape index (κ1) is 18.8. The number of aromatic nitrogens is 2. The summed E-state index contributed by atoms with van der Waals surface area (Å²) in [7, 11) is 7.39. The van der Waals surface area contributed by atoms with Crippen LogP contribution in [0.5, 0.6) is 0 Å². The van der Waals surface area contributed by atoms with Gasteiger partial charge in [-0.15, -0.1) is 11.3 Å². The van der Waals surface area contributed by atoms with Gasteiger partial charge in [-0.05, 0) is 42.9 Å². The normalized spacial score (nSPS) is 16.2. The second-order valence-corrected chi connectivity index (χ2v) is 8.97. The van der Waals surface area contributed by atoms with Gasteiger partial charge in [0.15, 0.2) is 0 Å². The van der Waals surface area contributed by atoms with E-state index in [0.29, 0.717) is 11.6 Å². The molecule has 0 fully saturated rings. The Morgan fingerprint density at radius 2 is 1.89 bits per heavy atom. The van der Waals surface area contributed by atoms with E-state index in [4.69, 9.17) is 0 Å². The molecule has 148 valence electrons. The Morgan fingerprint density at radius 3 is 2.57 bits per heavy atom. The predicted octanol–water partition coefficient (Wildman–Crippen LogP) is 3.38. The van der Waals surface area contributed by atoms with Crippen LogP contribution in [0.3, 0.4) is 0 Å². The Bertz CT molecular complexity index is 1140. The second kappa shape index (κ2) is 6.81. The number of hydrogen-bond acceptors (Lipinski definition) is 4. The lowest BCUT2D eigenvalue weighted by molar-refractivity contribution is 0.102. The zero-order chi connectivity index (χ0) is 20.2. The Hall–Kier alpha value is -2.54. The van der Waals surface area contributed by atoms with Crippen LogP contribution in [0.25, 0.3) is 11.0 Å². The number of amides is 1. The van der Waals surface area contributed by atoms with Crippen molar-refractivity contribution in [2.75, 3.05) is 24.3 Å². The summed E-state index contributed by atoms with van der Waals surface area (Å²) in [6.07, 6.45) is 3.16. The van der Waals surface area contributed by atoms with Crippen molar-refractivity contribution in [1.82, 2.24) is 9.13 Å². The van der Waals surface area contributed by atoms with E-state index in [2.05, 4.69) is 12.2 Å². The maximum atomic E-state index is 13.1. The lowest BCUT2D eigenvalue weighted by Gasteiger charge is -2.20.